The smallest absolute Gasteiger partial charge is 0.140 e. The maximum absolute atomic E-state index is 13.1. The first kappa shape index (κ1) is 12.0. The van der Waals surface area contributed by atoms with E-state index in [0.717, 1.165) is 5.01 Å². The molecule has 1 aromatic carbocycles. The highest BCUT2D eigenvalue weighted by Gasteiger charge is 2.10. The number of halogens is 1. The second-order valence-electron chi connectivity index (χ2n) is 3.69. The molecule has 17 heavy (non-hydrogen) atoms. The highest BCUT2D eigenvalue weighted by Crippen LogP contribution is 2.25. The van der Waals surface area contributed by atoms with E-state index in [4.69, 9.17) is 10.5 Å². The molecule has 1 heterocycles. The lowest BCUT2D eigenvalue weighted by Gasteiger charge is -2.13. The van der Waals surface area contributed by atoms with Gasteiger partial charge in [0, 0.05) is 23.2 Å². The Morgan fingerprint density at radius 2 is 2.35 bits per heavy atom. The molecule has 0 saturated heterocycles. The summed E-state index contributed by atoms with van der Waals surface area (Å²) in [6, 6.07) is 4.10. The van der Waals surface area contributed by atoms with Crippen LogP contribution in [0.25, 0.3) is 0 Å². The van der Waals surface area contributed by atoms with Crippen LogP contribution in [0.4, 0.5) is 4.39 Å². The summed E-state index contributed by atoms with van der Waals surface area (Å²) < 4.78 is 18.7. The molecule has 0 radical (unpaired) electrons. The average Bonchev–Trinajstić information content (AvgIpc) is 2.80. The summed E-state index contributed by atoms with van der Waals surface area (Å²) in [5.41, 5.74) is 6.44. The maximum Gasteiger partial charge on any atom is 0.140 e. The molecule has 1 atom stereocenters. The number of rotatable bonds is 4. The third-order valence-electron chi connectivity index (χ3n) is 2.30. The van der Waals surface area contributed by atoms with E-state index >= 15 is 0 Å². The molecule has 0 amide bonds. The third-order valence-corrected chi connectivity index (χ3v) is 3.05. The Balaban J connectivity index is 2.14. The lowest BCUT2D eigenvalue weighted by molar-refractivity contribution is 0.300. The van der Waals surface area contributed by atoms with Crippen LogP contribution in [0.3, 0.4) is 0 Å². The molecule has 2 rings (SSSR count). The number of hydrogen-bond acceptors (Lipinski definition) is 4. The summed E-state index contributed by atoms with van der Waals surface area (Å²) in [4.78, 5) is 4.11. The number of aromatic nitrogens is 1. The van der Waals surface area contributed by atoms with Crippen molar-refractivity contribution in [3.8, 4) is 5.75 Å². The second-order valence-corrected chi connectivity index (χ2v) is 4.66. The van der Waals surface area contributed by atoms with E-state index in [1.165, 1.54) is 23.5 Å². The van der Waals surface area contributed by atoms with E-state index in [1.54, 1.807) is 19.2 Å². The van der Waals surface area contributed by atoms with E-state index in [2.05, 4.69) is 4.98 Å². The molecule has 0 aliphatic heterocycles. The molecule has 0 aliphatic rings. The molecular formula is C12H13FN2OS. The highest BCUT2D eigenvalue weighted by atomic mass is 32.1. The number of ether oxygens (including phenoxy) is 1. The number of hydrogen-bond donors (Lipinski definition) is 1. The van der Waals surface area contributed by atoms with Crippen LogP contribution in [0.1, 0.15) is 23.5 Å². The largest absolute Gasteiger partial charge is 0.486 e. The van der Waals surface area contributed by atoms with Crippen molar-refractivity contribution in [2.75, 3.05) is 0 Å². The Hall–Kier alpha value is -1.46. The predicted octanol–water partition coefficient (Wildman–Crippen LogP) is 2.88. The summed E-state index contributed by atoms with van der Waals surface area (Å²) in [7, 11) is 0. The molecule has 0 unspecified atom stereocenters. The van der Waals surface area contributed by atoms with Crippen LogP contribution in [0.15, 0.2) is 29.8 Å². The van der Waals surface area contributed by atoms with Gasteiger partial charge in [-0.15, -0.1) is 11.3 Å². The number of nitrogens with zero attached hydrogens (tertiary/aromatic N) is 1. The lowest BCUT2D eigenvalue weighted by Crippen LogP contribution is -2.08. The summed E-state index contributed by atoms with van der Waals surface area (Å²) in [6.07, 6.45) is 1.72. The number of thiazole rings is 1. The highest BCUT2D eigenvalue weighted by molar-refractivity contribution is 7.09. The Bertz CT molecular complexity index is 485. The van der Waals surface area contributed by atoms with Crippen molar-refractivity contribution in [2.24, 2.45) is 5.73 Å². The fourth-order valence-corrected chi connectivity index (χ4v) is 2.00. The van der Waals surface area contributed by atoms with Crippen LogP contribution >= 0.6 is 11.3 Å². The fourth-order valence-electron chi connectivity index (χ4n) is 1.47. The van der Waals surface area contributed by atoms with Crippen molar-refractivity contribution in [1.82, 2.24) is 4.98 Å². The summed E-state index contributed by atoms with van der Waals surface area (Å²) in [6.45, 7) is 2.17. The van der Waals surface area contributed by atoms with Gasteiger partial charge >= 0.3 is 0 Å². The normalized spacial score (nSPS) is 12.4. The van der Waals surface area contributed by atoms with Gasteiger partial charge in [0.25, 0.3) is 0 Å². The lowest BCUT2D eigenvalue weighted by atomic mass is 10.1. The zero-order valence-electron chi connectivity index (χ0n) is 9.39. The minimum atomic E-state index is -0.307. The van der Waals surface area contributed by atoms with Crippen molar-refractivity contribution in [3.63, 3.8) is 0 Å². The van der Waals surface area contributed by atoms with Crippen LogP contribution in [0, 0.1) is 5.82 Å². The first-order valence-corrected chi connectivity index (χ1v) is 6.11. The summed E-state index contributed by atoms with van der Waals surface area (Å²) in [5, 5.41) is 2.76. The van der Waals surface area contributed by atoms with Crippen LogP contribution in [-0.2, 0) is 6.61 Å². The molecule has 0 spiro atoms. The van der Waals surface area contributed by atoms with E-state index in [1.807, 2.05) is 5.38 Å². The molecule has 0 fully saturated rings. The van der Waals surface area contributed by atoms with Crippen molar-refractivity contribution < 1.29 is 9.13 Å². The number of nitrogens with two attached hydrogens (primary N) is 1. The Morgan fingerprint density at radius 3 is 3.00 bits per heavy atom. The van der Waals surface area contributed by atoms with Crippen molar-refractivity contribution in [1.29, 1.82) is 0 Å². The van der Waals surface area contributed by atoms with Crippen LogP contribution in [-0.4, -0.2) is 4.98 Å². The van der Waals surface area contributed by atoms with Gasteiger partial charge in [0.05, 0.1) is 0 Å². The van der Waals surface area contributed by atoms with Gasteiger partial charge in [-0.2, -0.15) is 0 Å². The minimum absolute atomic E-state index is 0.267. The molecule has 0 saturated carbocycles. The summed E-state index contributed by atoms with van der Waals surface area (Å²) >= 11 is 1.52. The molecule has 90 valence electrons. The van der Waals surface area contributed by atoms with Gasteiger partial charge in [-0.3, -0.25) is 0 Å². The molecule has 1 aromatic heterocycles. The molecule has 5 heteroatoms. The fraction of sp³-hybridized carbons (Fsp3) is 0.250. The van der Waals surface area contributed by atoms with Crippen molar-refractivity contribution >= 4 is 11.3 Å². The Kier molecular flexibility index (Phi) is 3.71. The second kappa shape index (κ2) is 5.25. The van der Waals surface area contributed by atoms with E-state index in [0.29, 0.717) is 17.9 Å². The molecule has 0 bridgehead atoms. The zero-order chi connectivity index (χ0) is 12.3. The Labute approximate surface area is 103 Å². The van der Waals surface area contributed by atoms with Gasteiger partial charge in [0.1, 0.15) is 23.2 Å². The summed E-state index contributed by atoms with van der Waals surface area (Å²) in [5.74, 6) is 0.301. The quantitative estimate of drug-likeness (QED) is 0.910. The first-order valence-electron chi connectivity index (χ1n) is 5.23. The van der Waals surface area contributed by atoms with Crippen LogP contribution in [0.5, 0.6) is 5.75 Å². The maximum atomic E-state index is 13.1. The van der Waals surface area contributed by atoms with E-state index in [-0.39, 0.29) is 11.9 Å². The molecule has 2 aromatic rings. The van der Waals surface area contributed by atoms with Crippen LogP contribution in [0.2, 0.25) is 0 Å². The van der Waals surface area contributed by atoms with Gasteiger partial charge in [0.2, 0.25) is 0 Å². The standard InChI is InChI=1S/C12H13FN2OS/c1-8(14)10-6-9(13)2-3-11(10)16-7-12-15-4-5-17-12/h2-6,8H,7,14H2,1H3/t8-/m0/s1. The topological polar surface area (TPSA) is 48.1 Å². The zero-order valence-corrected chi connectivity index (χ0v) is 10.2. The molecular weight excluding hydrogens is 239 g/mol. The van der Waals surface area contributed by atoms with E-state index in [9.17, 15) is 4.39 Å². The van der Waals surface area contributed by atoms with Gasteiger partial charge in [-0.25, -0.2) is 9.37 Å². The molecule has 0 aliphatic carbocycles. The predicted molar refractivity (Wildman–Crippen MR) is 65.4 cm³/mol. The number of benzene rings is 1. The third kappa shape index (κ3) is 3.01. The monoisotopic (exact) mass is 252 g/mol. The van der Waals surface area contributed by atoms with E-state index < -0.39 is 0 Å². The first-order chi connectivity index (χ1) is 8.16. The van der Waals surface area contributed by atoms with Gasteiger partial charge in [-0.05, 0) is 25.1 Å². The van der Waals surface area contributed by atoms with Crippen molar-refractivity contribution in [2.45, 2.75) is 19.6 Å². The van der Waals surface area contributed by atoms with Crippen LogP contribution < -0.4 is 10.5 Å². The van der Waals surface area contributed by atoms with Gasteiger partial charge in [0.15, 0.2) is 0 Å². The minimum Gasteiger partial charge on any atom is -0.486 e. The Morgan fingerprint density at radius 1 is 1.53 bits per heavy atom. The SMILES string of the molecule is C[C@H](N)c1cc(F)ccc1OCc1nccs1. The van der Waals surface area contributed by atoms with Gasteiger partial charge in [-0.1, -0.05) is 0 Å². The average molecular weight is 252 g/mol. The molecule has 2 N–H and O–H groups in total. The van der Waals surface area contributed by atoms with Crippen molar-refractivity contribution in [3.05, 3.63) is 46.2 Å². The molecule has 3 nitrogen and oxygen atoms in total. The van der Waals surface area contributed by atoms with Gasteiger partial charge < -0.3 is 10.5 Å².